The van der Waals surface area contributed by atoms with Gasteiger partial charge in [0, 0.05) is 37.9 Å². The summed E-state index contributed by atoms with van der Waals surface area (Å²) in [5, 5.41) is 3.57. The maximum Gasteiger partial charge on any atom is 0.133 e. The summed E-state index contributed by atoms with van der Waals surface area (Å²) in [5.41, 5.74) is 1.31. The number of anilines is 1. The van der Waals surface area contributed by atoms with Crippen LogP contribution in [0.3, 0.4) is 0 Å². The Bertz CT molecular complexity index is 435. The van der Waals surface area contributed by atoms with E-state index in [0.717, 1.165) is 31.2 Å². The van der Waals surface area contributed by atoms with Gasteiger partial charge >= 0.3 is 0 Å². The zero-order valence-corrected chi connectivity index (χ0v) is 14.0. The number of hydrogen-bond acceptors (Lipinski definition) is 4. The molecular formula is C17H30N4. The molecule has 1 N–H and O–H groups in total. The van der Waals surface area contributed by atoms with E-state index in [4.69, 9.17) is 0 Å². The standard InChI is InChI=1S/C17H30N4/c1-5-9-18-14(2)16-7-6-10-19-17(16)21(4)13-15-8-11-20(3)12-15/h6-7,10,14-15,18H,5,8-9,11-13H2,1-4H3. The number of nitrogens with zero attached hydrogens (tertiary/aromatic N) is 3. The molecule has 2 atom stereocenters. The number of nitrogens with one attached hydrogen (secondary N) is 1. The van der Waals surface area contributed by atoms with E-state index in [1.807, 2.05) is 12.3 Å². The van der Waals surface area contributed by atoms with Crippen molar-refractivity contribution in [1.82, 2.24) is 15.2 Å². The quantitative estimate of drug-likeness (QED) is 0.836. The summed E-state index contributed by atoms with van der Waals surface area (Å²) in [4.78, 5) is 9.40. The van der Waals surface area contributed by atoms with E-state index < -0.39 is 0 Å². The molecule has 0 saturated carbocycles. The fraction of sp³-hybridized carbons (Fsp3) is 0.706. The molecule has 0 bridgehead atoms. The van der Waals surface area contributed by atoms with Crippen LogP contribution in [0.4, 0.5) is 5.82 Å². The highest BCUT2D eigenvalue weighted by Gasteiger charge is 2.22. The van der Waals surface area contributed by atoms with Crippen molar-refractivity contribution in [1.29, 1.82) is 0 Å². The number of pyridine rings is 1. The lowest BCUT2D eigenvalue weighted by Crippen LogP contribution is -2.30. The molecule has 1 aliphatic heterocycles. The summed E-state index contributed by atoms with van der Waals surface area (Å²) in [7, 11) is 4.39. The van der Waals surface area contributed by atoms with E-state index in [1.165, 1.54) is 25.1 Å². The van der Waals surface area contributed by atoms with E-state index in [2.05, 4.69) is 54.1 Å². The molecule has 118 valence electrons. The number of rotatable bonds is 7. The first-order chi connectivity index (χ1) is 10.1. The predicted octanol–water partition coefficient (Wildman–Crippen LogP) is 2.53. The lowest BCUT2D eigenvalue weighted by molar-refractivity contribution is 0.395. The highest BCUT2D eigenvalue weighted by Crippen LogP contribution is 2.25. The molecule has 0 aromatic carbocycles. The fourth-order valence-corrected chi connectivity index (χ4v) is 3.19. The SMILES string of the molecule is CCCNC(C)c1cccnc1N(C)CC1CCN(C)C1. The van der Waals surface area contributed by atoms with Crippen LogP contribution in [-0.4, -0.2) is 50.2 Å². The van der Waals surface area contributed by atoms with Crippen molar-refractivity contribution in [3.8, 4) is 0 Å². The zero-order chi connectivity index (χ0) is 15.2. The number of hydrogen-bond donors (Lipinski definition) is 1. The zero-order valence-electron chi connectivity index (χ0n) is 14.0. The van der Waals surface area contributed by atoms with Gasteiger partial charge in [-0.15, -0.1) is 0 Å². The molecule has 2 rings (SSSR count). The van der Waals surface area contributed by atoms with Crippen molar-refractivity contribution < 1.29 is 0 Å². The monoisotopic (exact) mass is 290 g/mol. The summed E-state index contributed by atoms with van der Waals surface area (Å²) in [6.07, 6.45) is 4.36. The van der Waals surface area contributed by atoms with Crippen molar-refractivity contribution in [3.05, 3.63) is 23.9 Å². The predicted molar refractivity (Wildman–Crippen MR) is 89.8 cm³/mol. The summed E-state index contributed by atoms with van der Waals surface area (Å²) in [6, 6.07) is 4.59. The van der Waals surface area contributed by atoms with Crippen LogP contribution in [0.25, 0.3) is 0 Å². The van der Waals surface area contributed by atoms with Crippen LogP contribution in [0.15, 0.2) is 18.3 Å². The topological polar surface area (TPSA) is 31.4 Å². The summed E-state index contributed by atoms with van der Waals surface area (Å²) < 4.78 is 0. The molecule has 0 amide bonds. The van der Waals surface area contributed by atoms with E-state index in [0.29, 0.717) is 6.04 Å². The Balaban J connectivity index is 2.04. The smallest absolute Gasteiger partial charge is 0.133 e. The van der Waals surface area contributed by atoms with Gasteiger partial charge in [0.1, 0.15) is 5.82 Å². The summed E-state index contributed by atoms with van der Waals surface area (Å²) >= 11 is 0. The Kier molecular flexibility index (Phi) is 6.00. The lowest BCUT2D eigenvalue weighted by Gasteiger charge is -2.26. The molecule has 0 spiro atoms. The first-order valence-corrected chi connectivity index (χ1v) is 8.19. The van der Waals surface area contributed by atoms with Crippen LogP contribution in [0.1, 0.15) is 38.3 Å². The molecule has 1 aromatic rings. The first kappa shape index (κ1) is 16.2. The molecule has 0 aliphatic carbocycles. The molecular weight excluding hydrogens is 260 g/mol. The van der Waals surface area contributed by atoms with Crippen molar-refractivity contribution in [3.63, 3.8) is 0 Å². The number of likely N-dealkylation sites (tertiary alicyclic amines) is 1. The third kappa shape index (κ3) is 4.42. The molecule has 2 unspecified atom stereocenters. The second-order valence-corrected chi connectivity index (χ2v) is 6.39. The van der Waals surface area contributed by atoms with Gasteiger partial charge in [-0.25, -0.2) is 4.98 Å². The third-order valence-corrected chi connectivity index (χ3v) is 4.37. The van der Waals surface area contributed by atoms with Gasteiger partial charge in [0.15, 0.2) is 0 Å². The Morgan fingerprint density at radius 3 is 3.00 bits per heavy atom. The van der Waals surface area contributed by atoms with Gasteiger partial charge in [0.05, 0.1) is 0 Å². The maximum absolute atomic E-state index is 4.64. The minimum Gasteiger partial charge on any atom is -0.359 e. The van der Waals surface area contributed by atoms with Gasteiger partial charge in [-0.3, -0.25) is 0 Å². The molecule has 0 radical (unpaired) electrons. The molecule has 4 heteroatoms. The maximum atomic E-state index is 4.64. The molecule has 2 heterocycles. The molecule has 1 aliphatic rings. The van der Waals surface area contributed by atoms with Crippen LogP contribution in [0.2, 0.25) is 0 Å². The van der Waals surface area contributed by atoms with Crippen LogP contribution >= 0.6 is 0 Å². The molecule has 21 heavy (non-hydrogen) atoms. The Morgan fingerprint density at radius 2 is 2.33 bits per heavy atom. The molecule has 1 aromatic heterocycles. The lowest BCUT2D eigenvalue weighted by atomic mass is 10.1. The first-order valence-electron chi connectivity index (χ1n) is 8.19. The highest BCUT2D eigenvalue weighted by molar-refractivity contribution is 5.47. The van der Waals surface area contributed by atoms with E-state index in [9.17, 15) is 0 Å². The van der Waals surface area contributed by atoms with Crippen LogP contribution < -0.4 is 10.2 Å². The molecule has 1 fully saturated rings. The Hall–Kier alpha value is -1.13. The van der Waals surface area contributed by atoms with Gasteiger partial charge in [-0.2, -0.15) is 0 Å². The fourth-order valence-electron chi connectivity index (χ4n) is 3.19. The number of aromatic nitrogens is 1. The van der Waals surface area contributed by atoms with Crippen LogP contribution in [0.5, 0.6) is 0 Å². The minimum absolute atomic E-state index is 0.349. The van der Waals surface area contributed by atoms with Crippen molar-refractivity contribution >= 4 is 5.82 Å². The molecule has 4 nitrogen and oxygen atoms in total. The highest BCUT2D eigenvalue weighted by atomic mass is 15.2. The van der Waals surface area contributed by atoms with Gasteiger partial charge in [-0.1, -0.05) is 13.0 Å². The van der Waals surface area contributed by atoms with Crippen molar-refractivity contribution in [2.45, 2.75) is 32.7 Å². The Labute approximate surface area is 129 Å². The van der Waals surface area contributed by atoms with E-state index >= 15 is 0 Å². The average molecular weight is 290 g/mol. The largest absolute Gasteiger partial charge is 0.359 e. The second kappa shape index (κ2) is 7.76. The normalized spacial score (nSPS) is 20.7. The molecule has 1 saturated heterocycles. The van der Waals surface area contributed by atoms with Gasteiger partial charge < -0.3 is 15.1 Å². The summed E-state index contributed by atoms with van der Waals surface area (Å²) in [5.74, 6) is 1.89. The van der Waals surface area contributed by atoms with Gasteiger partial charge in [0.2, 0.25) is 0 Å². The Morgan fingerprint density at radius 1 is 1.52 bits per heavy atom. The van der Waals surface area contributed by atoms with Crippen molar-refractivity contribution in [2.24, 2.45) is 5.92 Å². The van der Waals surface area contributed by atoms with E-state index in [1.54, 1.807) is 0 Å². The second-order valence-electron chi connectivity index (χ2n) is 6.39. The minimum atomic E-state index is 0.349. The van der Waals surface area contributed by atoms with Crippen LogP contribution in [0, 0.1) is 5.92 Å². The van der Waals surface area contributed by atoms with Crippen LogP contribution in [-0.2, 0) is 0 Å². The van der Waals surface area contributed by atoms with Gasteiger partial charge in [-0.05, 0) is 51.9 Å². The third-order valence-electron chi connectivity index (χ3n) is 4.37. The van der Waals surface area contributed by atoms with Gasteiger partial charge in [0.25, 0.3) is 0 Å². The van der Waals surface area contributed by atoms with Crippen molar-refractivity contribution in [2.75, 3.05) is 45.2 Å². The van der Waals surface area contributed by atoms with E-state index in [-0.39, 0.29) is 0 Å². The average Bonchev–Trinajstić information content (AvgIpc) is 2.89. The summed E-state index contributed by atoms with van der Waals surface area (Å²) in [6.45, 7) is 9.00.